The van der Waals surface area contributed by atoms with Crippen molar-refractivity contribution in [1.82, 2.24) is 4.98 Å². The lowest BCUT2D eigenvalue weighted by molar-refractivity contribution is 0.0838. The molecule has 2 N–H and O–H groups in total. The molecule has 0 amide bonds. The lowest BCUT2D eigenvalue weighted by Crippen LogP contribution is -2.30. The molecule has 0 saturated carbocycles. The molecule has 0 radical (unpaired) electrons. The molecular weight excluding hydrogens is 211 g/mol. The predicted octanol–water partition coefficient (Wildman–Crippen LogP) is 0.674. The molecule has 1 saturated heterocycles. The normalized spacial score (nSPS) is 25.1. The van der Waals surface area contributed by atoms with Gasteiger partial charge in [-0.15, -0.1) is 0 Å². The van der Waals surface area contributed by atoms with E-state index in [0.717, 1.165) is 6.20 Å². The van der Waals surface area contributed by atoms with Gasteiger partial charge in [0.15, 0.2) is 0 Å². The maximum atomic E-state index is 12.9. The number of nitrogens with zero attached hydrogens (tertiary/aromatic N) is 2. The van der Waals surface area contributed by atoms with Crippen LogP contribution in [0.1, 0.15) is 18.9 Å². The van der Waals surface area contributed by atoms with E-state index >= 15 is 0 Å². The number of β-amino-alcohol motifs (C(OH)–C–C–N with tert-alkyl or cyclic N) is 1. The Labute approximate surface area is 93.3 Å². The molecule has 2 rings (SSSR count). The van der Waals surface area contributed by atoms with Crippen molar-refractivity contribution in [1.29, 1.82) is 0 Å². The monoisotopic (exact) mass is 226 g/mol. The highest BCUT2D eigenvalue weighted by molar-refractivity contribution is 5.48. The summed E-state index contributed by atoms with van der Waals surface area (Å²) in [5, 5.41) is 19.0. The van der Waals surface area contributed by atoms with Gasteiger partial charge in [0, 0.05) is 18.7 Å². The third-order valence-electron chi connectivity index (χ3n) is 2.83. The van der Waals surface area contributed by atoms with Crippen LogP contribution in [0.15, 0.2) is 12.3 Å². The zero-order chi connectivity index (χ0) is 11.8. The molecule has 5 heteroatoms. The van der Waals surface area contributed by atoms with Crippen LogP contribution in [0.2, 0.25) is 0 Å². The van der Waals surface area contributed by atoms with E-state index in [1.165, 1.54) is 6.07 Å². The van der Waals surface area contributed by atoms with Crippen molar-refractivity contribution in [3.63, 3.8) is 0 Å². The molecule has 0 bridgehead atoms. The highest BCUT2D eigenvalue weighted by Crippen LogP contribution is 2.27. The number of aromatic nitrogens is 1. The molecular formula is C11H15FN2O2. The summed E-state index contributed by atoms with van der Waals surface area (Å²) in [7, 11) is 0. The molecule has 0 aliphatic carbocycles. The number of aliphatic hydroxyl groups is 2. The summed E-state index contributed by atoms with van der Waals surface area (Å²) in [6, 6.07) is 1.27. The number of pyridine rings is 1. The Hall–Kier alpha value is -1.20. The van der Waals surface area contributed by atoms with Crippen LogP contribution in [0.5, 0.6) is 0 Å². The predicted molar refractivity (Wildman–Crippen MR) is 57.6 cm³/mol. The van der Waals surface area contributed by atoms with Gasteiger partial charge in [0.05, 0.1) is 18.4 Å². The molecule has 1 atom stereocenters. The van der Waals surface area contributed by atoms with E-state index in [1.807, 2.05) is 4.90 Å². The van der Waals surface area contributed by atoms with Crippen LogP contribution in [0.3, 0.4) is 0 Å². The zero-order valence-corrected chi connectivity index (χ0v) is 9.15. The summed E-state index contributed by atoms with van der Waals surface area (Å²) in [6.07, 6.45) is 1.78. The Morgan fingerprint density at radius 1 is 1.62 bits per heavy atom. The average Bonchev–Trinajstić information content (AvgIpc) is 2.58. The third-order valence-corrected chi connectivity index (χ3v) is 2.83. The topological polar surface area (TPSA) is 56.6 Å². The number of halogens is 1. The van der Waals surface area contributed by atoms with E-state index in [-0.39, 0.29) is 6.61 Å². The van der Waals surface area contributed by atoms with Gasteiger partial charge in [-0.3, -0.25) is 0 Å². The summed E-state index contributed by atoms with van der Waals surface area (Å²) < 4.78 is 12.9. The van der Waals surface area contributed by atoms with Crippen LogP contribution in [-0.4, -0.2) is 33.9 Å². The van der Waals surface area contributed by atoms with Crippen LogP contribution >= 0.6 is 0 Å². The summed E-state index contributed by atoms with van der Waals surface area (Å²) in [6.45, 7) is 2.63. The molecule has 16 heavy (non-hydrogen) atoms. The molecule has 0 aromatic carbocycles. The van der Waals surface area contributed by atoms with Crippen LogP contribution < -0.4 is 4.90 Å². The molecule has 4 nitrogen and oxygen atoms in total. The van der Waals surface area contributed by atoms with Gasteiger partial charge in [-0.25, -0.2) is 9.37 Å². The summed E-state index contributed by atoms with van der Waals surface area (Å²) in [5.41, 5.74) is -0.277. The molecule has 1 aromatic rings. The first-order valence-corrected chi connectivity index (χ1v) is 5.24. The van der Waals surface area contributed by atoms with Crippen molar-refractivity contribution in [2.45, 2.75) is 25.6 Å². The highest BCUT2D eigenvalue weighted by Gasteiger charge is 2.32. The first-order valence-electron chi connectivity index (χ1n) is 5.24. The van der Waals surface area contributed by atoms with Gasteiger partial charge in [0.25, 0.3) is 0 Å². The first kappa shape index (κ1) is 11.3. The van der Waals surface area contributed by atoms with E-state index in [9.17, 15) is 9.50 Å². The Balaban J connectivity index is 2.27. The Bertz CT molecular complexity index is 396. The zero-order valence-electron chi connectivity index (χ0n) is 9.15. The minimum atomic E-state index is -0.733. The molecule has 1 aliphatic heterocycles. The lowest BCUT2D eigenvalue weighted by atomic mass is 10.1. The van der Waals surface area contributed by atoms with Crippen molar-refractivity contribution in [3.05, 3.63) is 23.6 Å². The average molecular weight is 226 g/mol. The van der Waals surface area contributed by atoms with Gasteiger partial charge in [0.2, 0.25) is 0 Å². The number of anilines is 1. The van der Waals surface area contributed by atoms with Gasteiger partial charge < -0.3 is 15.1 Å². The minimum absolute atomic E-state index is 0.251. The van der Waals surface area contributed by atoms with Crippen molar-refractivity contribution in [2.75, 3.05) is 18.0 Å². The largest absolute Gasteiger partial charge is 0.392 e. The van der Waals surface area contributed by atoms with Crippen molar-refractivity contribution >= 4 is 5.82 Å². The summed E-state index contributed by atoms with van der Waals surface area (Å²) in [5.74, 6) is 0.0976. The van der Waals surface area contributed by atoms with Gasteiger partial charge in [-0.05, 0) is 19.4 Å². The standard InChI is InChI=1S/C11H15FN2O2/c1-11(16)2-3-14(7-11)10-8(6-15)4-9(12)5-13-10/h4-5,15-16H,2-3,6-7H2,1H3. The van der Waals surface area contributed by atoms with Crippen molar-refractivity contribution in [2.24, 2.45) is 0 Å². The fourth-order valence-corrected chi connectivity index (χ4v) is 2.00. The van der Waals surface area contributed by atoms with Gasteiger partial charge in [-0.1, -0.05) is 0 Å². The maximum Gasteiger partial charge on any atom is 0.142 e. The number of aliphatic hydroxyl groups excluding tert-OH is 1. The maximum absolute atomic E-state index is 12.9. The first-order chi connectivity index (χ1) is 7.52. The quantitative estimate of drug-likeness (QED) is 0.778. The van der Waals surface area contributed by atoms with Gasteiger partial charge >= 0.3 is 0 Å². The molecule has 1 fully saturated rings. The van der Waals surface area contributed by atoms with Crippen LogP contribution in [0.25, 0.3) is 0 Å². The van der Waals surface area contributed by atoms with E-state index < -0.39 is 11.4 Å². The Kier molecular flexibility index (Phi) is 2.82. The second-order valence-electron chi connectivity index (χ2n) is 4.46. The van der Waals surface area contributed by atoms with E-state index in [4.69, 9.17) is 5.11 Å². The number of hydrogen-bond donors (Lipinski definition) is 2. The molecule has 1 aliphatic rings. The lowest BCUT2D eigenvalue weighted by Gasteiger charge is -2.21. The fraction of sp³-hybridized carbons (Fsp3) is 0.545. The fourth-order valence-electron chi connectivity index (χ4n) is 2.00. The van der Waals surface area contributed by atoms with Crippen LogP contribution in [0.4, 0.5) is 10.2 Å². The van der Waals surface area contributed by atoms with Gasteiger partial charge in [0.1, 0.15) is 11.6 Å². The molecule has 1 unspecified atom stereocenters. The van der Waals surface area contributed by atoms with E-state index in [0.29, 0.717) is 30.9 Å². The van der Waals surface area contributed by atoms with Crippen molar-refractivity contribution < 1.29 is 14.6 Å². The van der Waals surface area contributed by atoms with Crippen molar-refractivity contribution in [3.8, 4) is 0 Å². The van der Waals surface area contributed by atoms with Gasteiger partial charge in [-0.2, -0.15) is 0 Å². The van der Waals surface area contributed by atoms with E-state index in [1.54, 1.807) is 6.92 Å². The summed E-state index contributed by atoms with van der Waals surface area (Å²) >= 11 is 0. The third kappa shape index (κ3) is 2.15. The highest BCUT2D eigenvalue weighted by atomic mass is 19.1. The summed E-state index contributed by atoms with van der Waals surface area (Å²) in [4.78, 5) is 5.84. The second-order valence-corrected chi connectivity index (χ2v) is 4.46. The Morgan fingerprint density at radius 3 is 2.94 bits per heavy atom. The van der Waals surface area contributed by atoms with Crippen LogP contribution in [0, 0.1) is 5.82 Å². The number of rotatable bonds is 2. The van der Waals surface area contributed by atoms with E-state index in [2.05, 4.69) is 4.98 Å². The second kappa shape index (κ2) is 3.99. The molecule has 88 valence electrons. The SMILES string of the molecule is CC1(O)CCN(c2ncc(F)cc2CO)C1. The molecule has 2 heterocycles. The molecule has 1 aromatic heterocycles. The van der Waals surface area contributed by atoms with Crippen LogP contribution in [-0.2, 0) is 6.61 Å². The molecule has 0 spiro atoms. The smallest absolute Gasteiger partial charge is 0.142 e. The minimum Gasteiger partial charge on any atom is -0.392 e. The Morgan fingerprint density at radius 2 is 2.38 bits per heavy atom. The number of hydrogen-bond acceptors (Lipinski definition) is 4.